The molecular formula is C17H29NO3. The summed E-state index contributed by atoms with van der Waals surface area (Å²) in [5.74, 6) is 0.182. The average molecular weight is 295 g/mol. The Bertz CT molecular complexity index is 445. The van der Waals surface area contributed by atoms with Crippen LogP contribution in [0.4, 0.5) is 0 Å². The Kier molecular flexibility index (Phi) is 3.42. The largest absolute Gasteiger partial charge is 0.480 e. The van der Waals surface area contributed by atoms with Crippen LogP contribution in [-0.2, 0) is 9.53 Å². The van der Waals surface area contributed by atoms with E-state index in [0.717, 1.165) is 25.2 Å². The molecule has 2 N–H and O–H groups in total. The third kappa shape index (κ3) is 1.98. The first-order chi connectivity index (χ1) is 9.78. The highest BCUT2D eigenvalue weighted by atomic mass is 16.5. The van der Waals surface area contributed by atoms with E-state index in [9.17, 15) is 9.90 Å². The highest BCUT2D eigenvalue weighted by Crippen LogP contribution is 2.66. The van der Waals surface area contributed by atoms with Gasteiger partial charge in [-0.25, -0.2) is 0 Å². The van der Waals surface area contributed by atoms with Gasteiger partial charge in [-0.05, 0) is 61.8 Å². The average Bonchev–Trinajstić information content (AvgIpc) is 3.20. The summed E-state index contributed by atoms with van der Waals surface area (Å²) in [6, 6.07) is 0. The van der Waals surface area contributed by atoms with E-state index in [1.54, 1.807) is 7.05 Å². The lowest BCUT2D eigenvalue weighted by molar-refractivity contribution is -0.152. The monoisotopic (exact) mass is 295 g/mol. The smallest absolute Gasteiger partial charge is 0.326 e. The number of aliphatic carboxylic acids is 1. The molecule has 4 unspecified atom stereocenters. The minimum atomic E-state index is -0.887. The molecule has 3 aliphatic carbocycles. The van der Waals surface area contributed by atoms with Crippen molar-refractivity contribution in [2.24, 2.45) is 22.7 Å². The van der Waals surface area contributed by atoms with Gasteiger partial charge in [-0.3, -0.25) is 4.79 Å². The molecule has 3 saturated carbocycles. The van der Waals surface area contributed by atoms with E-state index in [1.165, 1.54) is 12.8 Å². The van der Waals surface area contributed by atoms with Crippen molar-refractivity contribution >= 4 is 5.97 Å². The van der Waals surface area contributed by atoms with Gasteiger partial charge in [0.2, 0.25) is 0 Å². The van der Waals surface area contributed by atoms with Crippen LogP contribution in [-0.4, -0.2) is 36.4 Å². The summed E-state index contributed by atoms with van der Waals surface area (Å²) in [4.78, 5) is 11.8. The van der Waals surface area contributed by atoms with Gasteiger partial charge >= 0.3 is 5.97 Å². The lowest BCUT2D eigenvalue weighted by atomic mass is 9.70. The van der Waals surface area contributed by atoms with Crippen LogP contribution < -0.4 is 5.32 Å². The first-order valence-electron chi connectivity index (χ1n) is 8.32. The molecule has 21 heavy (non-hydrogen) atoms. The van der Waals surface area contributed by atoms with Crippen molar-refractivity contribution in [2.45, 2.75) is 64.5 Å². The molecule has 0 aromatic heterocycles. The van der Waals surface area contributed by atoms with Crippen molar-refractivity contribution in [1.82, 2.24) is 5.32 Å². The van der Waals surface area contributed by atoms with Gasteiger partial charge < -0.3 is 15.2 Å². The van der Waals surface area contributed by atoms with Gasteiger partial charge in [-0.2, -0.15) is 0 Å². The molecule has 0 saturated heterocycles. The van der Waals surface area contributed by atoms with Crippen molar-refractivity contribution in [3.8, 4) is 0 Å². The SMILES string of the molecule is CNC(COC1CC2CCC1(C)C2(C)C)(C(=O)O)C1CC1. The molecule has 4 atom stereocenters. The van der Waals surface area contributed by atoms with Crippen LogP contribution in [0.15, 0.2) is 0 Å². The molecule has 3 rings (SSSR count). The second-order valence-corrected chi connectivity index (χ2v) is 8.21. The minimum Gasteiger partial charge on any atom is -0.480 e. The van der Waals surface area contributed by atoms with Gasteiger partial charge in [0.1, 0.15) is 5.54 Å². The predicted molar refractivity (Wildman–Crippen MR) is 81.1 cm³/mol. The van der Waals surface area contributed by atoms with E-state index >= 15 is 0 Å². The lowest BCUT2D eigenvalue weighted by Crippen LogP contribution is -2.57. The van der Waals surface area contributed by atoms with E-state index < -0.39 is 11.5 Å². The number of hydrogen-bond acceptors (Lipinski definition) is 3. The van der Waals surface area contributed by atoms with Crippen LogP contribution in [0.5, 0.6) is 0 Å². The van der Waals surface area contributed by atoms with E-state index in [-0.39, 0.29) is 17.4 Å². The van der Waals surface area contributed by atoms with Gasteiger partial charge in [0, 0.05) is 0 Å². The fourth-order valence-corrected chi connectivity index (χ4v) is 4.93. The molecule has 3 aliphatic rings. The number of likely N-dealkylation sites (N-methyl/N-ethyl adjacent to an activating group) is 1. The van der Waals surface area contributed by atoms with E-state index in [4.69, 9.17) is 4.74 Å². The molecule has 0 radical (unpaired) electrons. The van der Waals surface area contributed by atoms with Crippen LogP contribution in [0.2, 0.25) is 0 Å². The Morgan fingerprint density at radius 1 is 1.33 bits per heavy atom. The summed E-state index contributed by atoms with van der Waals surface area (Å²) in [7, 11) is 1.75. The van der Waals surface area contributed by atoms with Crippen molar-refractivity contribution < 1.29 is 14.6 Å². The summed E-state index contributed by atoms with van der Waals surface area (Å²) >= 11 is 0. The molecule has 120 valence electrons. The molecule has 0 spiro atoms. The summed E-state index contributed by atoms with van der Waals surface area (Å²) in [6.45, 7) is 7.35. The molecule has 0 aromatic rings. The molecule has 0 aromatic carbocycles. The second-order valence-electron chi connectivity index (χ2n) is 8.21. The van der Waals surface area contributed by atoms with Gasteiger partial charge in [-0.15, -0.1) is 0 Å². The second kappa shape index (κ2) is 4.69. The highest BCUT2D eigenvalue weighted by molar-refractivity contribution is 5.80. The Morgan fingerprint density at radius 3 is 2.38 bits per heavy atom. The van der Waals surface area contributed by atoms with Crippen LogP contribution in [0.25, 0.3) is 0 Å². The molecule has 0 amide bonds. The quantitative estimate of drug-likeness (QED) is 0.791. The Morgan fingerprint density at radius 2 is 2.00 bits per heavy atom. The van der Waals surface area contributed by atoms with Gasteiger partial charge in [0.15, 0.2) is 0 Å². The standard InChI is InChI=1S/C17H29NO3/c1-15(2)12-7-8-16(15,3)13(9-12)21-10-17(18-4,14(19)20)11-5-6-11/h11-13,18H,5-10H2,1-4H3,(H,19,20). The minimum absolute atomic E-state index is 0.194. The molecule has 2 bridgehead atoms. The molecule has 0 aliphatic heterocycles. The first kappa shape index (κ1) is 15.3. The van der Waals surface area contributed by atoms with Crippen LogP contribution in [0, 0.1) is 22.7 Å². The van der Waals surface area contributed by atoms with Crippen LogP contribution in [0.1, 0.15) is 52.9 Å². The van der Waals surface area contributed by atoms with Gasteiger partial charge in [0.25, 0.3) is 0 Å². The summed E-state index contributed by atoms with van der Waals surface area (Å²) in [5.41, 5.74) is -0.385. The predicted octanol–water partition coefficient (Wildman–Crippen LogP) is 2.67. The van der Waals surface area contributed by atoms with E-state index in [0.29, 0.717) is 12.0 Å². The van der Waals surface area contributed by atoms with E-state index in [2.05, 4.69) is 26.1 Å². The maximum atomic E-state index is 11.8. The Balaban J connectivity index is 1.72. The Hall–Kier alpha value is -0.610. The molecule has 0 heterocycles. The van der Waals surface area contributed by atoms with Crippen molar-refractivity contribution in [3.05, 3.63) is 0 Å². The maximum absolute atomic E-state index is 11.8. The first-order valence-corrected chi connectivity index (χ1v) is 8.32. The summed E-state index contributed by atoms with van der Waals surface area (Å²) < 4.78 is 6.25. The number of nitrogens with one attached hydrogen (secondary N) is 1. The number of carboxylic acid groups (broad SMARTS) is 1. The molecule has 3 fully saturated rings. The number of carbonyl (C=O) groups is 1. The molecule has 4 heteroatoms. The van der Waals surface area contributed by atoms with Crippen molar-refractivity contribution in [3.63, 3.8) is 0 Å². The zero-order chi connectivity index (χ0) is 15.5. The fraction of sp³-hybridized carbons (Fsp3) is 0.941. The molecular weight excluding hydrogens is 266 g/mol. The third-order valence-electron chi connectivity index (χ3n) is 7.33. The zero-order valence-electron chi connectivity index (χ0n) is 13.7. The van der Waals surface area contributed by atoms with Crippen molar-refractivity contribution in [2.75, 3.05) is 13.7 Å². The molecule has 4 nitrogen and oxygen atoms in total. The normalized spacial score (nSPS) is 40.2. The van der Waals surface area contributed by atoms with E-state index in [1.807, 2.05) is 0 Å². The van der Waals surface area contributed by atoms with Crippen molar-refractivity contribution in [1.29, 1.82) is 0 Å². The topological polar surface area (TPSA) is 58.6 Å². The van der Waals surface area contributed by atoms with Gasteiger partial charge in [-0.1, -0.05) is 20.8 Å². The maximum Gasteiger partial charge on any atom is 0.326 e. The Labute approximate surface area is 127 Å². The summed E-state index contributed by atoms with van der Waals surface area (Å²) in [6.07, 6.45) is 5.78. The number of ether oxygens (including phenoxy) is 1. The van der Waals surface area contributed by atoms with Gasteiger partial charge in [0.05, 0.1) is 12.7 Å². The lowest BCUT2D eigenvalue weighted by Gasteiger charge is -2.40. The van der Waals surface area contributed by atoms with Crippen LogP contribution in [0.3, 0.4) is 0 Å². The van der Waals surface area contributed by atoms with Crippen LogP contribution >= 0.6 is 0 Å². The third-order valence-corrected chi connectivity index (χ3v) is 7.33. The highest BCUT2D eigenvalue weighted by Gasteiger charge is 2.62. The number of carboxylic acids is 1. The number of hydrogen-bond donors (Lipinski definition) is 2. The number of rotatable bonds is 6. The number of fused-ring (bicyclic) bond motifs is 2. The fourth-order valence-electron chi connectivity index (χ4n) is 4.93. The summed E-state index contributed by atoms with van der Waals surface area (Å²) in [5, 5.41) is 12.7. The zero-order valence-corrected chi connectivity index (χ0v) is 13.7.